The molecule has 3 aromatic rings. The Kier molecular flexibility index (Phi) is 3.80. The summed E-state index contributed by atoms with van der Waals surface area (Å²) in [6, 6.07) is 11.3. The Morgan fingerprint density at radius 2 is 1.88 bits per heavy atom. The van der Waals surface area contributed by atoms with E-state index in [0.717, 1.165) is 24.2 Å². The summed E-state index contributed by atoms with van der Waals surface area (Å²) in [6.45, 7) is 0. The summed E-state index contributed by atoms with van der Waals surface area (Å²) in [5, 5.41) is 9.15. The number of nitrogens with two attached hydrogens (primary N) is 1. The first kappa shape index (κ1) is 16.7. The summed E-state index contributed by atoms with van der Waals surface area (Å²) in [7, 11) is 1.86. The van der Waals surface area contributed by atoms with E-state index in [4.69, 9.17) is 17.3 Å². The molecule has 0 bridgehead atoms. The highest BCUT2D eigenvalue weighted by molar-refractivity contribution is 6.33. The third-order valence-corrected chi connectivity index (χ3v) is 5.27. The first-order valence-corrected chi connectivity index (χ1v) is 8.56. The summed E-state index contributed by atoms with van der Waals surface area (Å²) in [6.07, 6.45) is 1.83. The Morgan fingerprint density at radius 3 is 2.50 bits per heavy atom. The minimum atomic E-state index is -0.532. The van der Waals surface area contributed by atoms with Crippen LogP contribution in [-0.4, -0.2) is 20.7 Å². The Balaban J connectivity index is 1.80. The maximum Gasteiger partial charge on any atom is 0.248 e. The molecule has 0 saturated heterocycles. The van der Waals surface area contributed by atoms with Crippen LogP contribution in [0.25, 0.3) is 11.4 Å². The van der Waals surface area contributed by atoms with Gasteiger partial charge < -0.3 is 10.3 Å². The summed E-state index contributed by atoms with van der Waals surface area (Å²) in [5.41, 5.74) is 7.07. The van der Waals surface area contributed by atoms with E-state index in [2.05, 4.69) is 10.2 Å². The van der Waals surface area contributed by atoms with Gasteiger partial charge in [-0.25, -0.2) is 4.39 Å². The van der Waals surface area contributed by atoms with E-state index >= 15 is 0 Å². The molecule has 4 rings (SSSR count). The van der Waals surface area contributed by atoms with E-state index in [0.29, 0.717) is 22.0 Å². The van der Waals surface area contributed by atoms with Gasteiger partial charge in [-0.05, 0) is 48.7 Å². The van der Waals surface area contributed by atoms with Gasteiger partial charge in [0.25, 0.3) is 0 Å². The number of hydrogen-bond donors (Lipinski definition) is 1. The fourth-order valence-electron chi connectivity index (χ4n) is 3.37. The van der Waals surface area contributed by atoms with E-state index in [1.807, 2.05) is 11.6 Å². The Morgan fingerprint density at radius 1 is 1.19 bits per heavy atom. The van der Waals surface area contributed by atoms with Crippen molar-refractivity contribution < 1.29 is 9.18 Å². The second kappa shape index (κ2) is 5.92. The molecule has 132 valence electrons. The molecular formula is C19H16ClFN4O. The van der Waals surface area contributed by atoms with Crippen LogP contribution in [0.5, 0.6) is 0 Å². The number of aromatic nitrogens is 3. The fraction of sp³-hybridized carbons (Fsp3) is 0.211. The van der Waals surface area contributed by atoms with Gasteiger partial charge in [0, 0.05) is 18.2 Å². The SMILES string of the molecule is Cn1c(-c2cc(C(N)=O)ccc2Cl)nnc1C1(c2ccc(F)cc2)CC1. The summed E-state index contributed by atoms with van der Waals surface area (Å²) in [4.78, 5) is 11.5. The topological polar surface area (TPSA) is 73.8 Å². The predicted octanol–water partition coefficient (Wildman–Crippen LogP) is 3.45. The lowest BCUT2D eigenvalue weighted by atomic mass is 9.95. The lowest BCUT2D eigenvalue weighted by molar-refractivity contribution is 0.100. The van der Waals surface area contributed by atoms with Crippen molar-refractivity contribution in [3.63, 3.8) is 0 Å². The molecule has 2 N–H and O–H groups in total. The van der Waals surface area contributed by atoms with Crippen molar-refractivity contribution >= 4 is 17.5 Å². The Bertz CT molecular complexity index is 1010. The molecule has 1 amide bonds. The molecule has 0 unspecified atom stereocenters. The van der Waals surface area contributed by atoms with Crippen molar-refractivity contribution in [3.05, 3.63) is 70.3 Å². The van der Waals surface area contributed by atoms with Gasteiger partial charge in [-0.3, -0.25) is 4.79 Å². The maximum atomic E-state index is 13.3. The van der Waals surface area contributed by atoms with Crippen LogP contribution in [0.3, 0.4) is 0 Å². The molecule has 2 aromatic carbocycles. The van der Waals surface area contributed by atoms with Crippen LogP contribution in [0, 0.1) is 5.82 Å². The first-order chi connectivity index (χ1) is 12.4. The van der Waals surface area contributed by atoms with Crippen molar-refractivity contribution in [2.45, 2.75) is 18.3 Å². The number of hydrogen-bond acceptors (Lipinski definition) is 3. The molecule has 0 spiro atoms. The molecule has 0 atom stereocenters. The fourth-order valence-corrected chi connectivity index (χ4v) is 3.57. The summed E-state index contributed by atoms with van der Waals surface area (Å²) in [5.74, 6) is 0.551. The number of carbonyl (C=O) groups is 1. The average Bonchev–Trinajstić information content (AvgIpc) is 3.33. The first-order valence-electron chi connectivity index (χ1n) is 8.18. The molecule has 1 aromatic heterocycles. The second-order valence-corrected chi connectivity index (χ2v) is 6.96. The van der Waals surface area contributed by atoms with Crippen LogP contribution in [0.15, 0.2) is 42.5 Å². The zero-order chi connectivity index (χ0) is 18.5. The van der Waals surface area contributed by atoms with E-state index in [-0.39, 0.29) is 11.2 Å². The molecule has 1 aliphatic carbocycles. The second-order valence-electron chi connectivity index (χ2n) is 6.55. The van der Waals surface area contributed by atoms with Crippen molar-refractivity contribution in [1.29, 1.82) is 0 Å². The van der Waals surface area contributed by atoms with Gasteiger partial charge >= 0.3 is 0 Å². The molecule has 5 nitrogen and oxygen atoms in total. The Labute approximate surface area is 154 Å². The van der Waals surface area contributed by atoms with Gasteiger partial charge in [0.2, 0.25) is 5.91 Å². The van der Waals surface area contributed by atoms with Crippen molar-refractivity contribution in [1.82, 2.24) is 14.8 Å². The molecule has 26 heavy (non-hydrogen) atoms. The van der Waals surface area contributed by atoms with Crippen LogP contribution in [0.2, 0.25) is 5.02 Å². The van der Waals surface area contributed by atoms with Crippen LogP contribution >= 0.6 is 11.6 Å². The molecule has 0 radical (unpaired) electrons. The van der Waals surface area contributed by atoms with Crippen LogP contribution in [-0.2, 0) is 12.5 Å². The van der Waals surface area contributed by atoms with Gasteiger partial charge in [0.05, 0.1) is 10.4 Å². The van der Waals surface area contributed by atoms with E-state index in [9.17, 15) is 9.18 Å². The zero-order valence-corrected chi connectivity index (χ0v) is 14.8. The summed E-state index contributed by atoms with van der Waals surface area (Å²) < 4.78 is 15.1. The average molecular weight is 371 g/mol. The summed E-state index contributed by atoms with van der Waals surface area (Å²) >= 11 is 6.31. The third kappa shape index (κ3) is 2.57. The molecule has 1 aliphatic rings. The maximum absolute atomic E-state index is 13.3. The van der Waals surface area contributed by atoms with E-state index in [1.54, 1.807) is 30.3 Å². The Hall–Kier alpha value is -2.73. The minimum absolute atomic E-state index is 0.262. The standard InChI is InChI=1S/C19H16ClFN4O/c1-25-17(14-10-11(16(22)26)2-7-15(14)20)23-24-18(25)19(8-9-19)12-3-5-13(21)6-4-12/h2-7,10H,8-9H2,1H3,(H2,22,26). The lowest BCUT2D eigenvalue weighted by Gasteiger charge is -2.15. The highest BCUT2D eigenvalue weighted by Crippen LogP contribution is 2.53. The van der Waals surface area contributed by atoms with Crippen LogP contribution < -0.4 is 5.73 Å². The number of halogens is 2. The molecule has 1 saturated carbocycles. The molecule has 1 fully saturated rings. The molecule has 7 heteroatoms. The predicted molar refractivity (Wildman–Crippen MR) is 96.4 cm³/mol. The van der Waals surface area contributed by atoms with Gasteiger partial charge in [-0.2, -0.15) is 0 Å². The van der Waals surface area contributed by atoms with Gasteiger partial charge in [-0.1, -0.05) is 23.7 Å². The van der Waals surface area contributed by atoms with Gasteiger partial charge in [-0.15, -0.1) is 10.2 Å². The monoisotopic (exact) mass is 370 g/mol. The number of amides is 1. The number of primary amides is 1. The van der Waals surface area contributed by atoms with Crippen LogP contribution in [0.4, 0.5) is 4.39 Å². The van der Waals surface area contributed by atoms with Gasteiger partial charge in [0.1, 0.15) is 11.6 Å². The highest BCUT2D eigenvalue weighted by atomic mass is 35.5. The molecule has 1 heterocycles. The lowest BCUT2D eigenvalue weighted by Crippen LogP contribution is -2.15. The number of nitrogens with zero attached hydrogens (tertiary/aromatic N) is 3. The number of carbonyl (C=O) groups excluding carboxylic acids is 1. The van der Waals surface area contributed by atoms with E-state index in [1.165, 1.54) is 12.1 Å². The normalized spacial score (nSPS) is 15.0. The van der Waals surface area contributed by atoms with Crippen molar-refractivity contribution in [2.24, 2.45) is 12.8 Å². The molecular weight excluding hydrogens is 355 g/mol. The highest BCUT2D eigenvalue weighted by Gasteiger charge is 2.50. The smallest absolute Gasteiger partial charge is 0.248 e. The van der Waals surface area contributed by atoms with Crippen molar-refractivity contribution in [3.8, 4) is 11.4 Å². The zero-order valence-electron chi connectivity index (χ0n) is 14.0. The third-order valence-electron chi connectivity index (χ3n) is 4.94. The van der Waals surface area contributed by atoms with E-state index < -0.39 is 5.91 Å². The van der Waals surface area contributed by atoms with Gasteiger partial charge in [0.15, 0.2) is 5.82 Å². The minimum Gasteiger partial charge on any atom is -0.366 e. The molecule has 0 aliphatic heterocycles. The number of benzene rings is 2. The quantitative estimate of drug-likeness (QED) is 0.764. The largest absolute Gasteiger partial charge is 0.366 e. The van der Waals surface area contributed by atoms with Crippen LogP contribution in [0.1, 0.15) is 34.6 Å². The number of rotatable bonds is 4. The van der Waals surface area contributed by atoms with Crippen molar-refractivity contribution in [2.75, 3.05) is 0 Å².